The van der Waals surface area contributed by atoms with Gasteiger partial charge in [0.15, 0.2) is 0 Å². The molecule has 0 fully saturated rings. The Morgan fingerprint density at radius 2 is 1.83 bits per heavy atom. The predicted octanol–water partition coefficient (Wildman–Crippen LogP) is 2.68. The lowest BCUT2D eigenvalue weighted by Gasteiger charge is -2.34. The van der Waals surface area contributed by atoms with E-state index in [-0.39, 0.29) is 18.7 Å². The summed E-state index contributed by atoms with van der Waals surface area (Å²) in [6.45, 7) is 8.65. The zero-order chi connectivity index (χ0) is 18.4. The van der Waals surface area contributed by atoms with E-state index in [0.717, 1.165) is 5.06 Å². The highest BCUT2D eigenvalue weighted by atomic mass is 19.4. The summed E-state index contributed by atoms with van der Waals surface area (Å²) < 4.78 is 37.5. The zero-order valence-electron chi connectivity index (χ0n) is 14.2. The van der Waals surface area contributed by atoms with Crippen molar-refractivity contribution in [3.05, 3.63) is 12.7 Å². The van der Waals surface area contributed by atoms with Gasteiger partial charge in [0, 0.05) is 19.0 Å². The van der Waals surface area contributed by atoms with Crippen LogP contribution in [0.3, 0.4) is 0 Å². The van der Waals surface area contributed by atoms with E-state index in [1.54, 1.807) is 20.8 Å². The summed E-state index contributed by atoms with van der Waals surface area (Å²) in [4.78, 5) is 28.3. The standard InChI is InChI=1S/C15H25F3N2O3/c1-7-8-10(12(21)20(5)23-6)9-11(14(2,3)4)19-13(22)15(16,17)18/h7,10-11H,1,8-9H2,2-6H3,(H,19,22)/t10-,11-/m1/s1. The number of nitrogens with one attached hydrogen (secondary N) is 1. The summed E-state index contributed by atoms with van der Waals surface area (Å²) in [5, 5.41) is 3.00. The van der Waals surface area contributed by atoms with Gasteiger partial charge in [-0.1, -0.05) is 26.8 Å². The number of alkyl halides is 3. The van der Waals surface area contributed by atoms with Gasteiger partial charge in [-0.25, -0.2) is 5.06 Å². The predicted molar refractivity (Wildman–Crippen MR) is 80.1 cm³/mol. The number of allylic oxidation sites excluding steroid dienone is 1. The van der Waals surface area contributed by atoms with Crippen LogP contribution >= 0.6 is 0 Å². The van der Waals surface area contributed by atoms with Crippen molar-refractivity contribution in [2.24, 2.45) is 11.3 Å². The Balaban J connectivity index is 5.28. The van der Waals surface area contributed by atoms with Crippen molar-refractivity contribution in [2.45, 2.75) is 45.8 Å². The van der Waals surface area contributed by atoms with Gasteiger partial charge in [-0.15, -0.1) is 6.58 Å². The molecule has 0 aromatic heterocycles. The van der Waals surface area contributed by atoms with Crippen LogP contribution in [0.25, 0.3) is 0 Å². The molecule has 0 aliphatic heterocycles. The van der Waals surface area contributed by atoms with Crippen LogP contribution in [-0.4, -0.2) is 43.3 Å². The Hall–Kier alpha value is -1.57. The van der Waals surface area contributed by atoms with Crippen LogP contribution < -0.4 is 5.32 Å². The maximum absolute atomic E-state index is 12.5. The monoisotopic (exact) mass is 338 g/mol. The SMILES string of the molecule is C=CC[C@H](C[C@@H](NC(=O)C(F)(F)F)C(C)(C)C)C(=O)N(C)OC. The second-order valence-electron chi connectivity index (χ2n) is 6.37. The molecule has 23 heavy (non-hydrogen) atoms. The van der Waals surface area contributed by atoms with Gasteiger partial charge in [0.25, 0.3) is 0 Å². The second kappa shape index (κ2) is 8.33. The number of hydrogen-bond acceptors (Lipinski definition) is 3. The lowest BCUT2D eigenvalue weighted by atomic mass is 9.80. The number of nitrogens with zero attached hydrogens (tertiary/aromatic N) is 1. The van der Waals surface area contributed by atoms with Crippen LogP contribution in [0, 0.1) is 11.3 Å². The topological polar surface area (TPSA) is 58.6 Å². The molecule has 134 valence electrons. The first-order valence-electron chi connectivity index (χ1n) is 7.14. The Labute approximate surface area is 134 Å². The molecular formula is C15H25F3N2O3. The molecule has 0 spiro atoms. The molecule has 1 N–H and O–H groups in total. The third kappa shape index (κ3) is 7.02. The van der Waals surface area contributed by atoms with Gasteiger partial charge < -0.3 is 5.32 Å². The minimum atomic E-state index is -4.97. The van der Waals surface area contributed by atoms with E-state index >= 15 is 0 Å². The number of hydrogen-bond donors (Lipinski definition) is 1. The van der Waals surface area contributed by atoms with Crippen molar-refractivity contribution in [3.8, 4) is 0 Å². The smallest absolute Gasteiger partial charge is 0.345 e. The molecule has 0 saturated heterocycles. The molecule has 0 radical (unpaired) electrons. The Morgan fingerprint density at radius 1 is 1.30 bits per heavy atom. The highest BCUT2D eigenvalue weighted by molar-refractivity contribution is 5.82. The molecule has 0 heterocycles. The first-order valence-corrected chi connectivity index (χ1v) is 7.14. The lowest BCUT2D eigenvalue weighted by Crippen LogP contribution is -2.50. The molecule has 0 saturated carbocycles. The van der Waals surface area contributed by atoms with Gasteiger partial charge in [-0.2, -0.15) is 13.2 Å². The van der Waals surface area contributed by atoms with Crippen LogP contribution in [0.2, 0.25) is 0 Å². The molecule has 0 rings (SSSR count). The summed E-state index contributed by atoms with van der Waals surface area (Å²) >= 11 is 0. The summed E-state index contributed by atoms with van der Waals surface area (Å²) in [7, 11) is 2.73. The van der Waals surface area contributed by atoms with Crippen LogP contribution in [0.15, 0.2) is 12.7 Å². The molecule has 0 aliphatic carbocycles. The molecule has 8 heteroatoms. The van der Waals surface area contributed by atoms with E-state index in [1.165, 1.54) is 20.2 Å². The average Bonchev–Trinajstić information content (AvgIpc) is 2.41. The van der Waals surface area contributed by atoms with Gasteiger partial charge >= 0.3 is 12.1 Å². The number of carbonyl (C=O) groups excluding carboxylic acids is 2. The number of hydroxylamine groups is 2. The molecular weight excluding hydrogens is 313 g/mol. The van der Waals surface area contributed by atoms with E-state index in [1.807, 2.05) is 5.32 Å². The molecule has 0 unspecified atom stereocenters. The number of halogens is 3. The quantitative estimate of drug-likeness (QED) is 0.573. The van der Waals surface area contributed by atoms with Gasteiger partial charge in [-0.3, -0.25) is 14.4 Å². The Bertz CT molecular complexity index is 431. The zero-order valence-corrected chi connectivity index (χ0v) is 14.2. The van der Waals surface area contributed by atoms with E-state index < -0.39 is 29.5 Å². The van der Waals surface area contributed by atoms with Crippen molar-refractivity contribution in [1.29, 1.82) is 0 Å². The molecule has 0 bridgehead atoms. The molecule has 2 atom stereocenters. The molecule has 0 aromatic rings. The third-order valence-electron chi connectivity index (χ3n) is 3.51. The van der Waals surface area contributed by atoms with Gasteiger partial charge in [0.1, 0.15) is 0 Å². The fourth-order valence-electron chi connectivity index (χ4n) is 2.00. The first-order chi connectivity index (χ1) is 10.3. The van der Waals surface area contributed by atoms with Crippen molar-refractivity contribution >= 4 is 11.8 Å². The van der Waals surface area contributed by atoms with Crippen LogP contribution in [0.4, 0.5) is 13.2 Å². The normalized spacial score (nSPS) is 14.8. The van der Waals surface area contributed by atoms with Crippen LogP contribution in [-0.2, 0) is 14.4 Å². The lowest BCUT2D eigenvalue weighted by molar-refractivity contribution is -0.177. The van der Waals surface area contributed by atoms with Gasteiger partial charge in [0.05, 0.1) is 7.11 Å². The Morgan fingerprint density at radius 3 is 2.17 bits per heavy atom. The summed E-state index contributed by atoms with van der Waals surface area (Å²) in [5.41, 5.74) is -0.660. The minimum Gasteiger partial charge on any atom is -0.345 e. The molecule has 5 nitrogen and oxygen atoms in total. The van der Waals surface area contributed by atoms with Crippen molar-refractivity contribution < 1.29 is 27.6 Å². The summed E-state index contributed by atoms with van der Waals surface area (Å²) in [6.07, 6.45) is -3.15. The van der Waals surface area contributed by atoms with Gasteiger partial charge in [0.2, 0.25) is 5.91 Å². The number of rotatable bonds is 7. The van der Waals surface area contributed by atoms with E-state index in [0.29, 0.717) is 0 Å². The second-order valence-corrected chi connectivity index (χ2v) is 6.37. The molecule has 0 aliphatic rings. The maximum atomic E-state index is 12.5. The maximum Gasteiger partial charge on any atom is 0.471 e. The van der Waals surface area contributed by atoms with E-state index in [9.17, 15) is 22.8 Å². The average molecular weight is 338 g/mol. The first kappa shape index (κ1) is 21.4. The van der Waals surface area contributed by atoms with Crippen LogP contribution in [0.5, 0.6) is 0 Å². The third-order valence-corrected chi connectivity index (χ3v) is 3.51. The molecule has 2 amide bonds. The number of amides is 2. The van der Waals surface area contributed by atoms with Crippen molar-refractivity contribution in [1.82, 2.24) is 10.4 Å². The van der Waals surface area contributed by atoms with Gasteiger partial charge in [-0.05, 0) is 18.3 Å². The van der Waals surface area contributed by atoms with E-state index in [2.05, 4.69) is 6.58 Å². The van der Waals surface area contributed by atoms with Crippen LogP contribution in [0.1, 0.15) is 33.6 Å². The van der Waals surface area contributed by atoms with Crippen molar-refractivity contribution in [3.63, 3.8) is 0 Å². The summed E-state index contributed by atoms with van der Waals surface area (Å²) in [5.74, 6) is -3.04. The highest BCUT2D eigenvalue weighted by Crippen LogP contribution is 2.28. The number of carbonyl (C=O) groups is 2. The summed E-state index contributed by atoms with van der Waals surface area (Å²) in [6, 6.07) is -0.837. The van der Waals surface area contributed by atoms with E-state index in [4.69, 9.17) is 4.84 Å². The Kier molecular flexibility index (Phi) is 7.76. The fraction of sp³-hybridized carbons (Fsp3) is 0.733. The largest absolute Gasteiger partial charge is 0.471 e. The minimum absolute atomic E-state index is 0.0455. The fourth-order valence-corrected chi connectivity index (χ4v) is 2.00. The highest BCUT2D eigenvalue weighted by Gasteiger charge is 2.42. The van der Waals surface area contributed by atoms with Crippen molar-refractivity contribution in [2.75, 3.05) is 14.2 Å². The molecule has 0 aromatic carbocycles.